The van der Waals surface area contributed by atoms with Gasteiger partial charge in [-0.2, -0.15) is 0 Å². The molecule has 7 heteroatoms. The van der Waals surface area contributed by atoms with Gasteiger partial charge in [0, 0.05) is 38.8 Å². The van der Waals surface area contributed by atoms with Crippen LogP contribution in [0.1, 0.15) is 65.2 Å². The summed E-state index contributed by atoms with van der Waals surface area (Å²) in [6.45, 7) is 3.91. The van der Waals surface area contributed by atoms with E-state index < -0.39 is 0 Å². The number of hydrogen-bond donors (Lipinski definition) is 1. The van der Waals surface area contributed by atoms with Crippen LogP contribution in [0, 0.1) is 0 Å². The Hall–Kier alpha value is -1.70. The van der Waals surface area contributed by atoms with Crippen LogP contribution in [0.2, 0.25) is 0 Å². The second kappa shape index (κ2) is 8.33. The molecule has 1 aliphatic rings. The number of thiazole rings is 1. The third kappa shape index (κ3) is 3.84. The van der Waals surface area contributed by atoms with E-state index in [1.807, 2.05) is 24.6 Å². The second-order valence-corrected chi connectivity index (χ2v) is 7.71. The molecular formula is C19H28N4O2S. The van der Waals surface area contributed by atoms with E-state index in [0.29, 0.717) is 11.7 Å². The molecule has 26 heavy (non-hydrogen) atoms. The first-order chi connectivity index (χ1) is 12.5. The molecule has 0 saturated carbocycles. The summed E-state index contributed by atoms with van der Waals surface area (Å²) in [7, 11) is 5.36. The Morgan fingerprint density at radius 3 is 3.00 bits per heavy atom. The first-order valence-corrected chi connectivity index (χ1v) is 10.0. The fraction of sp³-hybridized carbons (Fsp3) is 0.579. The summed E-state index contributed by atoms with van der Waals surface area (Å²) in [6.07, 6.45) is 3.56. The lowest BCUT2D eigenvalue weighted by Gasteiger charge is -2.35. The van der Waals surface area contributed by atoms with E-state index in [-0.39, 0.29) is 12.0 Å². The SMILES string of the molecule is CNC(=O)c1ccc([C@H]2CCCCN2Cc2csc([C@@H](C)OC)n2)n1C. The molecule has 3 rings (SSSR count). The van der Waals surface area contributed by atoms with Crippen molar-refractivity contribution < 1.29 is 9.53 Å². The fourth-order valence-electron chi connectivity index (χ4n) is 3.62. The summed E-state index contributed by atoms with van der Waals surface area (Å²) in [5, 5.41) is 5.88. The van der Waals surface area contributed by atoms with E-state index in [1.165, 1.54) is 18.5 Å². The normalized spacial score (nSPS) is 19.5. The summed E-state index contributed by atoms with van der Waals surface area (Å²) in [6, 6.07) is 4.33. The number of rotatable bonds is 6. The number of carbonyl (C=O) groups is 1. The van der Waals surface area contributed by atoms with E-state index in [9.17, 15) is 4.79 Å². The molecule has 1 aliphatic heterocycles. The second-order valence-electron chi connectivity index (χ2n) is 6.82. The molecule has 142 valence electrons. The molecule has 0 radical (unpaired) electrons. The zero-order valence-electron chi connectivity index (χ0n) is 16.0. The number of methoxy groups -OCH3 is 1. The number of amides is 1. The van der Waals surface area contributed by atoms with Crippen molar-refractivity contribution in [2.75, 3.05) is 20.7 Å². The summed E-state index contributed by atoms with van der Waals surface area (Å²) in [4.78, 5) is 19.3. The number of hydrogen-bond acceptors (Lipinski definition) is 5. The standard InChI is InChI=1S/C19H28N4O2S/c1-13(25-4)19-21-14(12-26-19)11-23-10-6-5-7-16(23)15-8-9-17(22(15)3)18(24)20-2/h8-9,12-13,16H,5-7,10-11H2,1-4H3,(H,20,24)/t13-,16-/m1/s1. The maximum Gasteiger partial charge on any atom is 0.267 e. The molecule has 1 fully saturated rings. The van der Waals surface area contributed by atoms with Gasteiger partial charge in [-0.05, 0) is 38.4 Å². The highest BCUT2D eigenvalue weighted by Gasteiger charge is 2.28. The van der Waals surface area contributed by atoms with Crippen molar-refractivity contribution in [3.63, 3.8) is 0 Å². The molecule has 1 saturated heterocycles. The van der Waals surface area contributed by atoms with Crippen molar-refractivity contribution >= 4 is 17.2 Å². The van der Waals surface area contributed by atoms with Crippen LogP contribution >= 0.6 is 11.3 Å². The molecule has 1 amide bonds. The van der Waals surface area contributed by atoms with Crippen LogP contribution in [-0.2, 0) is 18.3 Å². The lowest BCUT2D eigenvalue weighted by atomic mass is 9.99. The number of likely N-dealkylation sites (tertiary alicyclic amines) is 1. The van der Waals surface area contributed by atoms with Crippen LogP contribution in [0.5, 0.6) is 0 Å². The van der Waals surface area contributed by atoms with Crippen molar-refractivity contribution in [2.45, 2.75) is 44.9 Å². The van der Waals surface area contributed by atoms with Gasteiger partial charge in [0.25, 0.3) is 5.91 Å². The highest BCUT2D eigenvalue weighted by molar-refractivity contribution is 7.09. The summed E-state index contributed by atoms with van der Waals surface area (Å²) >= 11 is 1.66. The first kappa shape index (κ1) is 19.1. The minimum absolute atomic E-state index is 0.0360. The van der Waals surface area contributed by atoms with Gasteiger partial charge in [0.05, 0.1) is 11.7 Å². The average molecular weight is 377 g/mol. The smallest absolute Gasteiger partial charge is 0.267 e. The molecule has 0 aromatic carbocycles. The van der Waals surface area contributed by atoms with Gasteiger partial charge in [-0.25, -0.2) is 4.98 Å². The van der Waals surface area contributed by atoms with Crippen molar-refractivity contribution in [1.82, 2.24) is 19.8 Å². The first-order valence-electron chi connectivity index (χ1n) is 9.14. The van der Waals surface area contributed by atoms with Crippen molar-refractivity contribution in [2.24, 2.45) is 7.05 Å². The monoisotopic (exact) mass is 376 g/mol. The summed E-state index contributed by atoms with van der Waals surface area (Å²) < 4.78 is 7.40. The van der Waals surface area contributed by atoms with Gasteiger partial charge >= 0.3 is 0 Å². The van der Waals surface area contributed by atoms with Crippen LogP contribution in [0.3, 0.4) is 0 Å². The maximum atomic E-state index is 12.0. The number of carbonyl (C=O) groups excluding carboxylic acids is 1. The van der Waals surface area contributed by atoms with E-state index >= 15 is 0 Å². The number of nitrogens with zero attached hydrogens (tertiary/aromatic N) is 3. The zero-order valence-corrected chi connectivity index (χ0v) is 16.8. The Kier molecular flexibility index (Phi) is 6.11. The number of piperidine rings is 1. The van der Waals surface area contributed by atoms with Gasteiger partial charge in [-0.1, -0.05) is 6.42 Å². The quantitative estimate of drug-likeness (QED) is 0.841. The predicted octanol–water partition coefficient (Wildman–Crippen LogP) is 3.28. The van der Waals surface area contributed by atoms with E-state index in [1.54, 1.807) is 25.5 Å². The minimum atomic E-state index is -0.0428. The van der Waals surface area contributed by atoms with Gasteiger partial charge < -0.3 is 14.6 Å². The van der Waals surface area contributed by atoms with E-state index in [4.69, 9.17) is 9.72 Å². The molecule has 0 spiro atoms. The molecule has 1 N–H and O–H groups in total. The molecule has 6 nitrogen and oxygen atoms in total. The highest BCUT2D eigenvalue weighted by atomic mass is 32.1. The fourth-order valence-corrected chi connectivity index (χ4v) is 4.47. The summed E-state index contributed by atoms with van der Waals surface area (Å²) in [5.74, 6) is -0.0428. The Morgan fingerprint density at radius 2 is 2.27 bits per heavy atom. The lowest BCUT2D eigenvalue weighted by molar-refractivity contribution is 0.0952. The Bertz CT molecular complexity index is 755. The van der Waals surface area contributed by atoms with Crippen molar-refractivity contribution in [1.29, 1.82) is 0 Å². The maximum absolute atomic E-state index is 12.0. The number of ether oxygens (including phenoxy) is 1. The Balaban J connectivity index is 1.79. The van der Waals surface area contributed by atoms with Crippen LogP contribution in [-0.4, -0.2) is 41.1 Å². The molecule has 2 aromatic heterocycles. The molecule has 0 bridgehead atoms. The van der Waals surface area contributed by atoms with Gasteiger partial charge in [-0.3, -0.25) is 9.69 Å². The zero-order chi connectivity index (χ0) is 18.7. The minimum Gasteiger partial charge on any atom is -0.375 e. The van der Waals surface area contributed by atoms with Gasteiger partial charge in [0.1, 0.15) is 16.8 Å². The topological polar surface area (TPSA) is 59.4 Å². The van der Waals surface area contributed by atoms with Gasteiger partial charge in [0.15, 0.2) is 0 Å². The lowest BCUT2D eigenvalue weighted by Crippen LogP contribution is -2.34. The average Bonchev–Trinajstić information content (AvgIpc) is 3.28. The molecule has 2 aromatic rings. The Morgan fingerprint density at radius 1 is 1.46 bits per heavy atom. The third-order valence-electron chi connectivity index (χ3n) is 5.21. The number of aromatic nitrogens is 2. The third-order valence-corrected chi connectivity index (χ3v) is 6.27. The molecule has 3 heterocycles. The molecular weight excluding hydrogens is 348 g/mol. The van der Waals surface area contributed by atoms with Gasteiger partial charge in [0.2, 0.25) is 0 Å². The molecule has 0 unspecified atom stereocenters. The number of nitrogens with one attached hydrogen (secondary N) is 1. The van der Waals surface area contributed by atoms with Crippen LogP contribution in [0.25, 0.3) is 0 Å². The Labute approximate surface area is 159 Å². The van der Waals surface area contributed by atoms with Crippen LogP contribution in [0.15, 0.2) is 17.5 Å². The largest absolute Gasteiger partial charge is 0.375 e. The van der Waals surface area contributed by atoms with E-state index in [0.717, 1.165) is 30.2 Å². The van der Waals surface area contributed by atoms with Gasteiger partial charge in [-0.15, -0.1) is 11.3 Å². The predicted molar refractivity (Wildman–Crippen MR) is 103 cm³/mol. The molecule has 0 aliphatic carbocycles. The van der Waals surface area contributed by atoms with Crippen LogP contribution < -0.4 is 5.32 Å². The van der Waals surface area contributed by atoms with Crippen LogP contribution in [0.4, 0.5) is 0 Å². The van der Waals surface area contributed by atoms with Crippen molar-refractivity contribution in [3.8, 4) is 0 Å². The van der Waals surface area contributed by atoms with E-state index in [2.05, 4.69) is 21.7 Å². The van der Waals surface area contributed by atoms with Crippen molar-refractivity contribution in [3.05, 3.63) is 39.6 Å². The summed E-state index contributed by atoms with van der Waals surface area (Å²) in [5.41, 5.74) is 3.00. The highest BCUT2D eigenvalue weighted by Crippen LogP contribution is 2.33. The molecule has 2 atom stereocenters.